The summed E-state index contributed by atoms with van der Waals surface area (Å²) in [5.74, 6) is -0.655. The number of aliphatic carboxylic acids is 1. The maximum absolute atomic E-state index is 12.9. The summed E-state index contributed by atoms with van der Waals surface area (Å²) in [4.78, 5) is 36.8. The van der Waals surface area contributed by atoms with Gasteiger partial charge in [0.15, 0.2) is 5.11 Å². The highest BCUT2D eigenvalue weighted by Gasteiger charge is 2.34. The average Bonchev–Trinajstić information content (AvgIpc) is 3.04. The highest BCUT2D eigenvalue weighted by Crippen LogP contribution is 2.24. The van der Waals surface area contributed by atoms with Gasteiger partial charge in [0, 0.05) is 0 Å². The number of carbonyl (C=O) groups is 3. The molecule has 0 unspecified atom stereocenters. The first-order valence-electron chi connectivity index (χ1n) is 8.27. The van der Waals surface area contributed by atoms with Gasteiger partial charge in [0.2, 0.25) is 0 Å². The van der Waals surface area contributed by atoms with E-state index in [2.05, 4.69) is 5.32 Å². The molecule has 1 fully saturated rings. The van der Waals surface area contributed by atoms with E-state index in [1.807, 2.05) is 0 Å². The molecule has 1 aliphatic heterocycles. The monoisotopic (exact) mass is 400 g/mol. The molecule has 1 aromatic heterocycles. The van der Waals surface area contributed by atoms with Gasteiger partial charge in [-0.2, -0.15) is 0 Å². The maximum Gasteiger partial charge on any atom is 0.306 e. The lowest BCUT2D eigenvalue weighted by atomic mass is 10.1. The zero-order valence-corrected chi connectivity index (χ0v) is 15.6. The molecule has 0 spiro atoms. The van der Waals surface area contributed by atoms with Crippen molar-refractivity contribution in [3.8, 4) is 5.75 Å². The number of nitrogens with one attached hydrogen (secondary N) is 1. The zero-order valence-electron chi connectivity index (χ0n) is 14.8. The number of ether oxygens (including phenoxy) is 1. The van der Waals surface area contributed by atoms with Crippen LogP contribution in [0.1, 0.15) is 17.9 Å². The summed E-state index contributed by atoms with van der Waals surface area (Å²) in [5, 5.41) is 11.1. The largest absolute Gasteiger partial charge is 0.493 e. The predicted octanol–water partition coefficient (Wildman–Crippen LogP) is 2.27. The quantitative estimate of drug-likeness (QED) is 0.435. The highest BCUT2D eigenvalue weighted by molar-refractivity contribution is 7.80. The lowest BCUT2D eigenvalue weighted by Gasteiger charge is -2.28. The fourth-order valence-electron chi connectivity index (χ4n) is 2.51. The van der Waals surface area contributed by atoms with Gasteiger partial charge in [0.05, 0.1) is 18.7 Å². The van der Waals surface area contributed by atoms with E-state index in [-0.39, 0.29) is 23.7 Å². The second kappa shape index (κ2) is 8.05. The Kier molecular flexibility index (Phi) is 5.55. The molecule has 2 amide bonds. The minimum atomic E-state index is -0.956. The van der Waals surface area contributed by atoms with Crippen molar-refractivity contribution in [1.82, 2.24) is 5.32 Å². The first-order chi connectivity index (χ1) is 13.3. The SMILES string of the molecule is Cc1ccc(C=C2C(=O)NC(=S)N(c3ccc(OCCC(=O)O)cc3)C2=O)o1. The fraction of sp³-hybridized carbons (Fsp3) is 0.158. The van der Waals surface area contributed by atoms with Crippen LogP contribution in [-0.4, -0.2) is 34.6 Å². The van der Waals surface area contributed by atoms with Crippen LogP contribution in [-0.2, 0) is 14.4 Å². The Hall–Kier alpha value is -3.46. The van der Waals surface area contributed by atoms with Crippen LogP contribution in [0.3, 0.4) is 0 Å². The number of rotatable bonds is 6. The molecular weight excluding hydrogens is 384 g/mol. The molecule has 2 N–H and O–H groups in total. The lowest BCUT2D eigenvalue weighted by Crippen LogP contribution is -2.54. The molecular formula is C19H16N2O6S. The Labute approximate surface area is 165 Å². The van der Waals surface area contributed by atoms with Crippen LogP contribution in [0.15, 0.2) is 46.4 Å². The topological polar surface area (TPSA) is 109 Å². The molecule has 0 radical (unpaired) electrons. The van der Waals surface area contributed by atoms with Crippen molar-refractivity contribution in [3.63, 3.8) is 0 Å². The first-order valence-corrected chi connectivity index (χ1v) is 8.68. The van der Waals surface area contributed by atoms with Gasteiger partial charge in [-0.1, -0.05) is 0 Å². The minimum absolute atomic E-state index is 0.0290. The molecule has 0 atom stereocenters. The molecule has 2 aromatic rings. The lowest BCUT2D eigenvalue weighted by molar-refractivity contribution is -0.137. The molecule has 0 saturated carbocycles. The van der Waals surface area contributed by atoms with Crippen molar-refractivity contribution in [2.75, 3.05) is 11.5 Å². The smallest absolute Gasteiger partial charge is 0.306 e. The van der Waals surface area contributed by atoms with Crippen LogP contribution >= 0.6 is 12.2 Å². The zero-order chi connectivity index (χ0) is 20.3. The second-order valence-corrected chi connectivity index (χ2v) is 6.28. The third-order valence-electron chi connectivity index (χ3n) is 3.83. The molecule has 2 heterocycles. The van der Waals surface area contributed by atoms with Crippen LogP contribution in [0.5, 0.6) is 5.75 Å². The number of hydrogen-bond acceptors (Lipinski definition) is 6. The van der Waals surface area contributed by atoms with Crippen molar-refractivity contribution in [3.05, 3.63) is 53.5 Å². The number of thiocarbonyl (C=S) groups is 1. The van der Waals surface area contributed by atoms with Crippen molar-refractivity contribution in [2.45, 2.75) is 13.3 Å². The summed E-state index contributed by atoms with van der Waals surface area (Å²) >= 11 is 5.14. The van der Waals surface area contributed by atoms with Crippen molar-refractivity contribution < 1.29 is 28.6 Å². The molecule has 3 rings (SSSR count). The van der Waals surface area contributed by atoms with Crippen molar-refractivity contribution in [1.29, 1.82) is 0 Å². The Morgan fingerprint density at radius 3 is 2.57 bits per heavy atom. The molecule has 1 aliphatic rings. The number of amides is 2. The second-order valence-electron chi connectivity index (χ2n) is 5.89. The van der Waals surface area contributed by atoms with Gasteiger partial charge in [-0.25, -0.2) is 0 Å². The Morgan fingerprint density at radius 2 is 1.96 bits per heavy atom. The number of carboxylic acids is 1. The Bertz CT molecular complexity index is 977. The van der Waals surface area contributed by atoms with E-state index in [1.165, 1.54) is 11.0 Å². The summed E-state index contributed by atoms with van der Waals surface area (Å²) in [5.41, 5.74) is 0.326. The van der Waals surface area contributed by atoms with Crippen LogP contribution < -0.4 is 15.0 Å². The summed E-state index contributed by atoms with van der Waals surface area (Å²) in [7, 11) is 0. The number of benzene rings is 1. The van der Waals surface area contributed by atoms with Gasteiger partial charge in [-0.3, -0.25) is 24.6 Å². The summed E-state index contributed by atoms with van der Waals surface area (Å²) < 4.78 is 10.7. The molecule has 8 nitrogen and oxygen atoms in total. The molecule has 9 heteroatoms. The van der Waals surface area contributed by atoms with Gasteiger partial charge in [0.25, 0.3) is 11.8 Å². The minimum Gasteiger partial charge on any atom is -0.493 e. The van der Waals surface area contributed by atoms with Crippen molar-refractivity contribution in [2.24, 2.45) is 0 Å². The van der Waals surface area contributed by atoms with E-state index in [4.69, 9.17) is 26.5 Å². The number of anilines is 1. The van der Waals surface area contributed by atoms with Crippen LogP contribution in [0.25, 0.3) is 6.08 Å². The van der Waals surface area contributed by atoms with Crippen LogP contribution in [0.2, 0.25) is 0 Å². The Morgan fingerprint density at radius 1 is 1.25 bits per heavy atom. The highest BCUT2D eigenvalue weighted by atomic mass is 32.1. The third kappa shape index (κ3) is 4.26. The van der Waals surface area contributed by atoms with Gasteiger partial charge < -0.3 is 14.3 Å². The summed E-state index contributed by atoms with van der Waals surface area (Å²) in [6.45, 7) is 1.79. The van der Waals surface area contributed by atoms with Crippen LogP contribution in [0.4, 0.5) is 5.69 Å². The number of aryl methyl sites for hydroxylation is 1. The normalized spacial score (nSPS) is 15.7. The maximum atomic E-state index is 12.9. The fourth-order valence-corrected chi connectivity index (χ4v) is 2.79. The van der Waals surface area contributed by atoms with E-state index in [1.54, 1.807) is 43.3 Å². The van der Waals surface area contributed by atoms with Gasteiger partial charge in [-0.15, -0.1) is 0 Å². The van der Waals surface area contributed by atoms with Crippen LogP contribution in [0, 0.1) is 6.92 Å². The van der Waals surface area contributed by atoms with Gasteiger partial charge in [-0.05, 0) is 61.6 Å². The molecule has 0 bridgehead atoms. The molecule has 0 aliphatic carbocycles. The predicted molar refractivity (Wildman–Crippen MR) is 104 cm³/mol. The number of nitrogens with zero attached hydrogens (tertiary/aromatic N) is 1. The summed E-state index contributed by atoms with van der Waals surface area (Å²) in [6.07, 6.45) is 1.24. The number of hydrogen-bond donors (Lipinski definition) is 2. The van der Waals surface area contributed by atoms with E-state index < -0.39 is 17.8 Å². The molecule has 1 saturated heterocycles. The van der Waals surface area contributed by atoms with E-state index in [0.717, 1.165) is 0 Å². The average molecular weight is 400 g/mol. The van der Waals surface area contributed by atoms with E-state index in [9.17, 15) is 14.4 Å². The van der Waals surface area contributed by atoms with E-state index >= 15 is 0 Å². The number of carbonyl (C=O) groups excluding carboxylic acids is 2. The first kappa shape index (κ1) is 19.3. The molecule has 28 heavy (non-hydrogen) atoms. The van der Waals surface area contributed by atoms with Gasteiger partial charge >= 0.3 is 5.97 Å². The third-order valence-corrected chi connectivity index (χ3v) is 4.11. The number of carboxylic acid groups (broad SMARTS) is 1. The standard InChI is InChI=1S/C19H16N2O6S/c1-11-2-5-14(27-11)10-15-17(24)20-19(28)21(18(15)25)12-3-6-13(7-4-12)26-9-8-16(22)23/h2-7,10H,8-9H2,1H3,(H,22,23)(H,20,24,28). The summed E-state index contributed by atoms with van der Waals surface area (Å²) in [6, 6.07) is 9.73. The molecule has 1 aromatic carbocycles. The Balaban J connectivity index is 1.81. The number of furan rings is 1. The molecule has 144 valence electrons. The van der Waals surface area contributed by atoms with Gasteiger partial charge in [0.1, 0.15) is 22.8 Å². The van der Waals surface area contributed by atoms with E-state index in [0.29, 0.717) is 23.0 Å². The van der Waals surface area contributed by atoms with Crippen molar-refractivity contribution >= 4 is 46.9 Å².